The Morgan fingerprint density at radius 1 is 1.50 bits per heavy atom. The van der Waals surface area contributed by atoms with Gasteiger partial charge in [0.15, 0.2) is 0 Å². The molecule has 0 N–H and O–H groups in total. The van der Waals surface area contributed by atoms with Gasteiger partial charge in [-0.3, -0.25) is 0 Å². The highest BCUT2D eigenvalue weighted by Crippen LogP contribution is 2.21. The summed E-state index contributed by atoms with van der Waals surface area (Å²) in [6.45, 7) is 3.14. The maximum atomic E-state index is 11.2. The summed E-state index contributed by atoms with van der Waals surface area (Å²) in [5, 5.41) is 0. The van der Waals surface area contributed by atoms with Crippen LogP contribution < -0.4 is 4.90 Å². The lowest BCUT2D eigenvalue weighted by atomic mass is 10.2. The minimum atomic E-state index is -0.402. The van der Waals surface area contributed by atoms with Crippen LogP contribution in [0.4, 0.5) is 5.95 Å². The highest BCUT2D eigenvalue weighted by Gasteiger charge is 2.22. The molecule has 0 aliphatic carbocycles. The molecule has 5 heteroatoms. The molecule has 2 heterocycles. The van der Waals surface area contributed by atoms with Gasteiger partial charge in [0.1, 0.15) is 0 Å². The molecule has 0 saturated carbocycles. The van der Waals surface area contributed by atoms with Crippen LogP contribution in [0.15, 0.2) is 12.4 Å². The summed E-state index contributed by atoms with van der Waals surface area (Å²) in [7, 11) is 1.35. The Morgan fingerprint density at radius 2 is 2.19 bits per heavy atom. The predicted molar refractivity (Wildman–Crippen MR) is 59.4 cm³/mol. The molecule has 1 saturated heterocycles. The summed E-state index contributed by atoms with van der Waals surface area (Å²) in [5.41, 5.74) is 0.387. The van der Waals surface area contributed by atoms with E-state index in [0.29, 0.717) is 17.6 Å². The molecule has 1 unspecified atom stereocenters. The van der Waals surface area contributed by atoms with Gasteiger partial charge in [0.25, 0.3) is 0 Å². The predicted octanol–water partition coefficient (Wildman–Crippen LogP) is 1.25. The first-order valence-corrected chi connectivity index (χ1v) is 5.39. The number of hydrogen-bond acceptors (Lipinski definition) is 5. The summed E-state index contributed by atoms with van der Waals surface area (Å²) in [6, 6.07) is 0.476. The summed E-state index contributed by atoms with van der Waals surface area (Å²) >= 11 is 0. The van der Waals surface area contributed by atoms with Crippen LogP contribution in [-0.2, 0) is 4.74 Å². The highest BCUT2D eigenvalue weighted by molar-refractivity contribution is 5.88. The molecule has 0 bridgehead atoms. The molecule has 5 nitrogen and oxygen atoms in total. The minimum Gasteiger partial charge on any atom is -0.465 e. The van der Waals surface area contributed by atoms with E-state index in [0.717, 1.165) is 6.54 Å². The first-order chi connectivity index (χ1) is 7.72. The second-order valence-electron chi connectivity index (χ2n) is 3.95. The first kappa shape index (κ1) is 10.9. The number of methoxy groups -OCH3 is 1. The van der Waals surface area contributed by atoms with Crippen LogP contribution in [0.25, 0.3) is 0 Å². The smallest absolute Gasteiger partial charge is 0.341 e. The summed E-state index contributed by atoms with van der Waals surface area (Å²) in [6.07, 6.45) is 5.36. The van der Waals surface area contributed by atoms with Gasteiger partial charge in [-0.1, -0.05) is 0 Å². The van der Waals surface area contributed by atoms with Gasteiger partial charge >= 0.3 is 5.97 Å². The van der Waals surface area contributed by atoms with E-state index in [1.54, 1.807) is 0 Å². The summed E-state index contributed by atoms with van der Waals surface area (Å²) < 4.78 is 4.59. The quantitative estimate of drug-likeness (QED) is 0.703. The van der Waals surface area contributed by atoms with E-state index < -0.39 is 5.97 Å². The van der Waals surface area contributed by atoms with Crippen LogP contribution in [-0.4, -0.2) is 35.6 Å². The van der Waals surface area contributed by atoms with Gasteiger partial charge in [0.05, 0.1) is 12.7 Å². The number of aromatic nitrogens is 2. The van der Waals surface area contributed by atoms with Crippen LogP contribution in [0, 0.1) is 0 Å². The number of esters is 1. The average Bonchev–Trinajstić information content (AvgIpc) is 2.75. The highest BCUT2D eigenvalue weighted by atomic mass is 16.5. The van der Waals surface area contributed by atoms with Crippen molar-refractivity contribution in [2.45, 2.75) is 25.8 Å². The zero-order valence-electron chi connectivity index (χ0n) is 9.51. The number of carbonyl (C=O) groups is 1. The van der Waals surface area contributed by atoms with Crippen molar-refractivity contribution in [2.24, 2.45) is 0 Å². The van der Waals surface area contributed by atoms with Gasteiger partial charge in [-0.05, 0) is 19.8 Å². The van der Waals surface area contributed by atoms with Gasteiger partial charge in [0.2, 0.25) is 5.95 Å². The Morgan fingerprint density at radius 3 is 2.69 bits per heavy atom. The molecule has 0 amide bonds. The molecule has 2 rings (SSSR count). The van der Waals surface area contributed by atoms with Gasteiger partial charge < -0.3 is 9.64 Å². The number of carbonyl (C=O) groups excluding carboxylic acids is 1. The molecule has 1 aliphatic heterocycles. The van der Waals surface area contributed by atoms with Crippen LogP contribution >= 0.6 is 0 Å². The van der Waals surface area contributed by atoms with E-state index in [4.69, 9.17) is 0 Å². The third-order valence-corrected chi connectivity index (χ3v) is 2.87. The minimum absolute atomic E-state index is 0.387. The van der Waals surface area contributed by atoms with Crippen LogP contribution in [0.3, 0.4) is 0 Å². The van der Waals surface area contributed by atoms with Crippen molar-refractivity contribution in [3.05, 3.63) is 18.0 Å². The summed E-state index contributed by atoms with van der Waals surface area (Å²) in [5.74, 6) is 0.290. The van der Waals surface area contributed by atoms with Crippen molar-refractivity contribution < 1.29 is 9.53 Å². The average molecular weight is 221 g/mol. The normalized spacial score (nSPS) is 19.9. The standard InChI is InChI=1S/C11H15N3O2/c1-8-4-3-5-14(8)11-12-6-9(7-13-11)10(15)16-2/h6-8H,3-5H2,1-2H3. The third-order valence-electron chi connectivity index (χ3n) is 2.87. The second-order valence-corrected chi connectivity index (χ2v) is 3.95. The zero-order chi connectivity index (χ0) is 11.5. The molecule has 1 atom stereocenters. The van der Waals surface area contributed by atoms with Gasteiger partial charge in [-0.25, -0.2) is 14.8 Å². The lowest BCUT2D eigenvalue weighted by Gasteiger charge is -2.20. The Labute approximate surface area is 94.5 Å². The van der Waals surface area contributed by atoms with Crippen molar-refractivity contribution in [1.29, 1.82) is 0 Å². The molecular formula is C11H15N3O2. The van der Waals surface area contributed by atoms with Crippen molar-refractivity contribution in [3.63, 3.8) is 0 Å². The number of anilines is 1. The molecule has 1 aromatic heterocycles. The Bertz CT molecular complexity index is 377. The second kappa shape index (κ2) is 4.47. The molecular weight excluding hydrogens is 206 g/mol. The lowest BCUT2D eigenvalue weighted by Crippen LogP contribution is -2.28. The van der Waals surface area contributed by atoms with Gasteiger partial charge in [-0.15, -0.1) is 0 Å². The summed E-state index contributed by atoms with van der Waals surface area (Å²) in [4.78, 5) is 21.7. The number of nitrogens with zero attached hydrogens (tertiary/aromatic N) is 3. The third kappa shape index (κ3) is 1.98. The Balaban J connectivity index is 2.16. The van der Waals surface area contributed by atoms with E-state index >= 15 is 0 Å². The monoisotopic (exact) mass is 221 g/mol. The molecule has 0 spiro atoms. The van der Waals surface area contributed by atoms with E-state index in [1.807, 2.05) is 0 Å². The first-order valence-electron chi connectivity index (χ1n) is 5.39. The maximum Gasteiger partial charge on any atom is 0.341 e. The van der Waals surface area contributed by atoms with E-state index in [1.165, 1.54) is 32.3 Å². The number of rotatable bonds is 2. The largest absolute Gasteiger partial charge is 0.465 e. The van der Waals surface area contributed by atoms with Crippen molar-refractivity contribution in [1.82, 2.24) is 9.97 Å². The van der Waals surface area contributed by atoms with Gasteiger partial charge in [-0.2, -0.15) is 0 Å². The Kier molecular flexibility index (Phi) is 3.03. The van der Waals surface area contributed by atoms with Crippen molar-refractivity contribution in [3.8, 4) is 0 Å². The maximum absolute atomic E-state index is 11.2. The number of ether oxygens (including phenoxy) is 1. The van der Waals surface area contributed by atoms with E-state index in [9.17, 15) is 4.79 Å². The molecule has 1 aromatic rings. The van der Waals surface area contributed by atoms with Crippen LogP contribution in [0.1, 0.15) is 30.1 Å². The lowest BCUT2D eigenvalue weighted by molar-refractivity contribution is 0.0600. The van der Waals surface area contributed by atoms with Crippen LogP contribution in [0.2, 0.25) is 0 Å². The fraction of sp³-hybridized carbons (Fsp3) is 0.545. The van der Waals surface area contributed by atoms with Crippen LogP contribution in [0.5, 0.6) is 0 Å². The van der Waals surface area contributed by atoms with Crippen molar-refractivity contribution in [2.75, 3.05) is 18.6 Å². The SMILES string of the molecule is COC(=O)c1cnc(N2CCCC2C)nc1. The molecule has 16 heavy (non-hydrogen) atoms. The van der Waals surface area contributed by atoms with E-state index in [2.05, 4.69) is 26.5 Å². The molecule has 0 aromatic carbocycles. The van der Waals surface area contributed by atoms with Gasteiger partial charge in [0, 0.05) is 25.0 Å². The number of hydrogen-bond donors (Lipinski definition) is 0. The van der Waals surface area contributed by atoms with E-state index in [-0.39, 0.29) is 0 Å². The Hall–Kier alpha value is -1.65. The molecule has 86 valence electrons. The molecule has 1 aliphatic rings. The molecule has 0 radical (unpaired) electrons. The fourth-order valence-corrected chi connectivity index (χ4v) is 1.92. The topological polar surface area (TPSA) is 55.3 Å². The fourth-order valence-electron chi connectivity index (χ4n) is 1.92. The van der Waals surface area contributed by atoms with Crippen molar-refractivity contribution >= 4 is 11.9 Å². The zero-order valence-corrected chi connectivity index (χ0v) is 9.51. The molecule has 1 fully saturated rings.